The molecule has 0 spiro atoms. The Bertz CT molecular complexity index is 3840. The largest absolute Gasteiger partial charge is 0.277 e. The Kier molecular flexibility index (Phi) is 6.57. The van der Waals surface area contributed by atoms with Crippen molar-refractivity contribution in [3.63, 3.8) is 0 Å². The monoisotopic (exact) mass is 754 g/mol. The van der Waals surface area contributed by atoms with E-state index < -0.39 is 0 Å². The van der Waals surface area contributed by atoms with Crippen molar-refractivity contribution < 1.29 is 0 Å². The highest BCUT2D eigenvalue weighted by molar-refractivity contribution is 7.25. The molecule has 5 heteroatoms. The van der Waals surface area contributed by atoms with E-state index in [9.17, 15) is 0 Å². The minimum absolute atomic E-state index is 0.588. The summed E-state index contributed by atoms with van der Waals surface area (Å²) in [5.41, 5.74) is 4.08. The number of thiophene rings is 1. The lowest BCUT2D eigenvalue weighted by molar-refractivity contribution is 0.956. The predicted molar refractivity (Wildman–Crippen MR) is 245 cm³/mol. The number of hydrogen-bond donors (Lipinski definition) is 0. The van der Waals surface area contributed by atoms with Crippen LogP contribution in [0.15, 0.2) is 182 Å². The maximum Gasteiger partial charge on any atom is 0.238 e. The van der Waals surface area contributed by atoms with Gasteiger partial charge in [-0.2, -0.15) is 9.97 Å². The molecular weight excluding hydrogens is 725 g/mol. The molecule has 0 aliphatic heterocycles. The lowest BCUT2D eigenvalue weighted by atomic mass is 9.91. The summed E-state index contributed by atoms with van der Waals surface area (Å²) in [6.07, 6.45) is 0. The molecule has 0 saturated heterocycles. The second-order valence-electron chi connectivity index (χ2n) is 15.1. The van der Waals surface area contributed by atoms with Crippen LogP contribution in [0, 0.1) is 0 Å². The summed E-state index contributed by atoms with van der Waals surface area (Å²) in [7, 11) is 0. The zero-order chi connectivity index (χ0) is 37.9. The molecule has 10 aromatic carbocycles. The van der Waals surface area contributed by atoms with Crippen LogP contribution in [-0.2, 0) is 0 Å². The van der Waals surface area contributed by atoms with E-state index in [0.717, 1.165) is 38.3 Å². The summed E-state index contributed by atoms with van der Waals surface area (Å²) >= 11 is 1.81. The molecule has 0 aliphatic carbocycles. The highest BCUT2D eigenvalue weighted by Crippen LogP contribution is 2.45. The fourth-order valence-electron chi connectivity index (χ4n) is 9.47. The van der Waals surface area contributed by atoms with Gasteiger partial charge in [0.05, 0.1) is 11.0 Å². The molecule has 0 unspecified atom stereocenters. The third kappa shape index (κ3) is 4.47. The third-order valence-electron chi connectivity index (χ3n) is 12.0. The normalized spacial score (nSPS) is 12.1. The first kappa shape index (κ1) is 31.7. The number of fused-ring (bicyclic) bond motifs is 16. The Balaban J connectivity index is 1.21. The molecule has 0 atom stereocenters. The maximum absolute atomic E-state index is 5.52. The first-order valence-corrected chi connectivity index (χ1v) is 20.4. The van der Waals surface area contributed by atoms with E-state index >= 15 is 0 Å². The SMILES string of the molecule is c1ccc2cc(-c3nc(-c4cccc5sc6ccccc6c45)nc(-n4c5ccc6c7ccccc7c7ccccc7c6c5c5ccc6ccccc6c54)n3)ccc2c1. The van der Waals surface area contributed by atoms with Crippen LogP contribution < -0.4 is 0 Å². The van der Waals surface area contributed by atoms with Gasteiger partial charge in [-0.1, -0.05) is 158 Å². The lowest BCUT2D eigenvalue weighted by Gasteiger charge is -2.14. The first-order chi connectivity index (χ1) is 28.8. The van der Waals surface area contributed by atoms with Crippen molar-refractivity contribution in [2.45, 2.75) is 0 Å². The van der Waals surface area contributed by atoms with Crippen LogP contribution in [0.4, 0.5) is 0 Å². The number of aromatic nitrogens is 4. The summed E-state index contributed by atoms with van der Waals surface area (Å²) in [5, 5.41) is 16.8. The van der Waals surface area contributed by atoms with Gasteiger partial charge in [-0.05, 0) is 67.4 Å². The molecule has 3 aromatic heterocycles. The summed E-state index contributed by atoms with van der Waals surface area (Å²) in [4.78, 5) is 16.3. The quantitative estimate of drug-likeness (QED) is 0.169. The zero-order valence-electron chi connectivity index (χ0n) is 31.0. The molecule has 0 amide bonds. The molecule has 268 valence electrons. The molecule has 0 radical (unpaired) electrons. The second-order valence-corrected chi connectivity index (χ2v) is 16.2. The van der Waals surface area contributed by atoms with Crippen LogP contribution in [0.3, 0.4) is 0 Å². The van der Waals surface area contributed by atoms with Crippen molar-refractivity contribution in [3.8, 4) is 28.7 Å². The number of rotatable bonds is 3. The number of hydrogen-bond acceptors (Lipinski definition) is 4. The fraction of sp³-hybridized carbons (Fsp3) is 0. The number of benzene rings is 10. The lowest BCUT2D eigenvalue weighted by Crippen LogP contribution is -2.06. The molecule has 0 N–H and O–H groups in total. The maximum atomic E-state index is 5.52. The van der Waals surface area contributed by atoms with Crippen LogP contribution in [0.5, 0.6) is 0 Å². The standard InChI is InChI=1S/C53H30N4S/c1-2-14-33-30-34(25-24-31(33)12-1)51-54-52(43-21-11-23-46-47(43)41-20-9-10-22-45(41)58-46)56-53(55-51)57-44-29-28-40-38-18-6-5-16-36(38)37-17-7-8-19-39(37)48(40)49(44)42-27-26-32-13-3-4-15-35(32)50(42)57/h1-30H. The van der Waals surface area contributed by atoms with Crippen molar-refractivity contribution in [1.82, 2.24) is 19.5 Å². The minimum atomic E-state index is 0.588. The van der Waals surface area contributed by atoms with Crippen LogP contribution in [0.1, 0.15) is 0 Å². The van der Waals surface area contributed by atoms with E-state index in [2.05, 4.69) is 187 Å². The van der Waals surface area contributed by atoms with Crippen LogP contribution in [-0.4, -0.2) is 19.5 Å². The second kappa shape index (κ2) is 12.0. The summed E-state index contributed by atoms with van der Waals surface area (Å²) in [6.45, 7) is 0. The van der Waals surface area contributed by atoms with E-state index in [1.54, 1.807) is 11.3 Å². The van der Waals surface area contributed by atoms with Crippen LogP contribution in [0.25, 0.3) is 125 Å². The third-order valence-corrected chi connectivity index (χ3v) is 13.1. The average Bonchev–Trinajstić information content (AvgIpc) is 3.85. The topological polar surface area (TPSA) is 43.6 Å². The molecular formula is C53H30N4S. The number of nitrogens with zero attached hydrogens (tertiary/aromatic N) is 4. The van der Waals surface area contributed by atoms with Crippen molar-refractivity contribution >= 4 is 107 Å². The van der Waals surface area contributed by atoms with Crippen LogP contribution >= 0.6 is 11.3 Å². The van der Waals surface area contributed by atoms with E-state index in [-0.39, 0.29) is 0 Å². The van der Waals surface area contributed by atoms with E-state index in [1.807, 2.05) is 0 Å². The Hall–Kier alpha value is -7.47. The van der Waals surface area contributed by atoms with Gasteiger partial charge in [0.15, 0.2) is 11.6 Å². The molecule has 13 rings (SSSR count). The van der Waals surface area contributed by atoms with Crippen molar-refractivity contribution in [3.05, 3.63) is 182 Å². The van der Waals surface area contributed by atoms with Crippen LogP contribution in [0.2, 0.25) is 0 Å². The Morgan fingerprint density at radius 2 is 0.966 bits per heavy atom. The fourth-order valence-corrected chi connectivity index (χ4v) is 10.6. The molecule has 13 aromatic rings. The van der Waals surface area contributed by atoms with Crippen molar-refractivity contribution in [1.29, 1.82) is 0 Å². The van der Waals surface area contributed by atoms with Gasteiger partial charge in [0, 0.05) is 52.8 Å². The Labute approximate surface area is 335 Å². The molecule has 0 saturated carbocycles. The van der Waals surface area contributed by atoms with Gasteiger partial charge in [0.2, 0.25) is 5.95 Å². The molecule has 4 nitrogen and oxygen atoms in total. The molecule has 0 aliphatic rings. The Morgan fingerprint density at radius 1 is 0.362 bits per heavy atom. The first-order valence-electron chi connectivity index (χ1n) is 19.6. The van der Waals surface area contributed by atoms with E-state index in [1.165, 1.54) is 68.6 Å². The van der Waals surface area contributed by atoms with Crippen molar-refractivity contribution in [2.24, 2.45) is 0 Å². The van der Waals surface area contributed by atoms with Gasteiger partial charge < -0.3 is 0 Å². The highest BCUT2D eigenvalue weighted by atomic mass is 32.1. The van der Waals surface area contributed by atoms with Gasteiger partial charge in [-0.3, -0.25) is 4.57 Å². The summed E-state index contributed by atoms with van der Waals surface area (Å²) in [6, 6.07) is 65.5. The Morgan fingerprint density at radius 3 is 1.79 bits per heavy atom. The molecule has 3 heterocycles. The zero-order valence-corrected chi connectivity index (χ0v) is 31.8. The molecule has 0 bridgehead atoms. The van der Waals surface area contributed by atoms with Gasteiger partial charge in [0.1, 0.15) is 0 Å². The predicted octanol–water partition coefficient (Wildman–Crippen LogP) is 14.4. The van der Waals surface area contributed by atoms with E-state index in [0.29, 0.717) is 17.6 Å². The average molecular weight is 755 g/mol. The highest BCUT2D eigenvalue weighted by Gasteiger charge is 2.23. The smallest absolute Gasteiger partial charge is 0.238 e. The van der Waals surface area contributed by atoms with Gasteiger partial charge in [0.25, 0.3) is 0 Å². The van der Waals surface area contributed by atoms with Crippen molar-refractivity contribution in [2.75, 3.05) is 0 Å². The summed E-state index contributed by atoms with van der Waals surface area (Å²) in [5.74, 6) is 1.87. The van der Waals surface area contributed by atoms with Gasteiger partial charge in [-0.25, -0.2) is 4.98 Å². The molecule has 58 heavy (non-hydrogen) atoms. The molecule has 0 fully saturated rings. The summed E-state index contributed by atoms with van der Waals surface area (Å²) < 4.78 is 4.76. The minimum Gasteiger partial charge on any atom is -0.277 e. The van der Waals surface area contributed by atoms with Gasteiger partial charge >= 0.3 is 0 Å². The van der Waals surface area contributed by atoms with E-state index in [4.69, 9.17) is 15.0 Å². The van der Waals surface area contributed by atoms with Gasteiger partial charge in [-0.15, -0.1) is 11.3 Å².